The van der Waals surface area contributed by atoms with Crippen molar-refractivity contribution >= 4 is 0 Å². The standard InChI is InChI=1S/C73H54/c1-7-27-53(28-8-1)65-39-19-23-43-69(65)57-47-58(70-44-24-20-40-66(70)54-29-9-2-10-30-54)50-63(49-57)73(61-35-15-5-16-36-61,62-37-17-6-18-38-62)64-51-59(71-45-25-21-41-67(71)55-31-11-3-12-32-55)48-60(52-64)72-46-26-22-42-68(72)56-33-13-4-14-34-56/h1-5,7-17,19-52H,6,18H2. The van der Waals surface area contributed by atoms with Crippen molar-refractivity contribution in [2.75, 3.05) is 0 Å². The van der Waals surface area contributed by atoms with Crippen LogP contribution < -0.4 is 0 Å². The monoisotopic (exact) mass is 930 g/mol. The van der Waals surface area contributed by atoms with E-state index < -0.39 is 5.41 Å². The Kier molecular flexibility index (Phi) is 12.5. The highest BCUT2D eigenvalue weighted by molar-refractivity contribution is 5.93. The molecule has 0 bridgehead atoms. The van der Waals surface area contributed by atoms with Gasteiger partial charge in [0.15, 0.2) is 0 Å². The van der Waals surface area contributed by atoms with E-state index in [1.807, 2.05) is 0 Å². The summed E-state index contributed by atoms with van der Waals surface area (Å²) in [5.74, 6) is 0. The maximum Gasteiger partial charge on any atom is 0.0699 e. The molecule has 11 aromatic carbocycles. The highest BCUT2D eigenvalue weighted by atomic mass is 14.4. The van der Waals surface area contributed by atoms with E-state index in [2.05, 4.69) is 303 Å². The van der Waals surface area contributed by atoms with Gasteiger partial charge in [0.1, 0.15) is 0 Å². The van der Waals surface area contributed by atoms with Gasteiger partial charge >= 0.3 is 0 Å². The zero-order valence-corrected chi connectivity index (χ0v) is 40.8. The second kappa shape index (κ2) is 20.3. The van der Waals surface area contributed by atoms with E-state index in [4.69, 9.17) is 0 Å². The van der Waals surface area contributed by atoms with Crippen molar-refractivity contribution in [3.63, 3.8) is 0 Å². The number of allylic oxidation sites excluding steroid dienone is 4. The first-order valence-corrected chi connectivity index (χ1v) is 25.6. The minimum absolute atomic E-state index is 0.791. The fourth-order valence-corrected chi connectivity index (χ4v) is 11.3. The first kappa shape index (κ1) is 45.1. The van der Waals surface area contributed by atoms with Crippen molar-refractivity contribution in [2.24, 2.45) is 0 Å². The molecule has 0 aliphatic heterocycles. The number of hydrogen-bond donors (Lipinski definition) is 0. The molecule has 11 aromatic rings. The predicted molar refractivity (Wildman–Crippen MR) is 309 cm³/mol. The molecule has 0 atom stereocenters. The molecule has 346 valence electrons. The lowest BCUT2D eigenvalue weighted by atomic mass is 9.62. The first-order chi connectivity index (χ1) is 36.2. The lowest BCUT2D eigenvalue weighted by molar-refractivity contribution is 0.731. The Morgan fingerprint density at radius 2 is 0.479 bits per heavy atom. The van der Waals surface area contributed by atoms with Crippen LogP contribution in [-0.2, 0) is 5.41 Å². The molecule has 0 heterocycles. The Hall–Kier alpha value is -9.10. The molecular weight excluding hydrogens is 877 g/mol. The van der Waals surface area contributed by atoms with E-state index in [0.717, 1.165) is 35.1 Å². The topological polar surface area (TPSA) is 0 Å². The Balaban J connectivity index is 1.23. The Morgan fingerprint density at radius 3 is 0.753 bits per heavy atom. The fraction of sp³-hybridized carbons (Fsp3) is 0.0411. The quantitative estimate of drug-likeness (QED) is 0.107. The molecule has 0 heteroatoms. The molecule has 0 spiro atoms. The van der Waals surface area contributed by atoms with E-state index in [1.54, 1.807) is 0 Å². The Labute approximate surface area is 430 Å². The summed E-state index contributed by atoms with van der Waals surface area (Å²) >= 11 is 0. The average molecular weight is 931 g/mol. The molecule has 1 aliphatic carbocycles. The third-order valence-corrected chi connectivity index (χ3v) is 14.7. The summed E-state index contributed by atoms with van der Waals surface area (Å²) in [5, 5.41) is 0. The van der Waals surface area contributed by atoms with Gasteiger partial charge in [0, 0.05) is 0 Å². The van der Waals surface area contributed by atoms with E-state index in [9.17, 15) is 0 Å². The van der Waals surface area contributed by atoms with Gasteiger partial charge in [0.25, 0.3) is 0 Å². The summed E-state index contributed by atoms with van der Waals surface area (Å²) in [6.45, 7) is 0. The molecule has 0 aromatic heterocycles. The van der Waals surface area contributed by atoms with Gasteiger partial charge in [-0.05, 0) is 161 Å². The van der Waals surface area contributed by atoms with Crippen LogP contribution >= 0.6 is 0 Å². The van der Waals surface area contributed by atoms with Gasteiger partial charge in [-0.3, -0.25) is 0 Å². The van der Waals surface area contributed by atoms with Gasteiger partial charge in [-0.2, -0.15) is 0 Å². The summed E-state index contributed by atoms with van der Waals surface area (Å²) in [7, 11) is 0. The maximum atomic E-state index is 2.51. The minimum Gasteiger partial charge on any atom is -0.0839 e. The van der Waals surface area contributed by atoms with Gasteiger partial charge < -0.3 is 0 Å². The van der Waals surface area contributed by atoms with Crippen molar-refractivity contribution in [1.82, 2.24) is 0 Å². The van der Waals surface area contributed by atoms with E-state index >= 15 is 0 Å². The minimum atomic E-state index is -0.791. The smallest absolute Gasteiger partial charge is 0.0699 e. The number of rotatable bonds is 12. The molecular formula is C73H54. The summed E-state index contributed by atoms with van der Waals surface area (Å²) in [6.07, 6.45) is 9.25. The van der Waals surface area contributed by atoms with Gasteiger partial charge in [0.2, 0.25) is 0 Å². The third-order valence-electron chi connectivity index (χ3n) is 14.7. The summed E-state index contributed by atoms with van der Waals surface area (Å²) < 4.78 is 0. The Morgan fingerprint density at radius 1 is 0.219 bits per heavy atom. The zero-order valence-electron chi connectivity index (χ0n) is 40.8. The first-order valence-electron chi connectivity index (χ1n) is 25.6. The molecule has 73 heavy (non-hydrogen) atoms. The largest absolute Gasteiger partial charge is 0.0839 e. The van der Waals surface area contributed by atoms with Crippen LogP contribution in [0.2, 0.25) is 0 Å². The van der Waals surface area contributed by atoms with E-state index in [-0.39, 0.29) is 0 Å². The van der Waals surface area contributed by atoms with Crippen molar-refractivity contribution in [1.29, 1.82) is 0 Å². The molecule has 0 N–H and O–H groups in total. The maximum absolute atomic E-state index is 2.51. The molecule has 0 fully saturated rings. The third kappa shape index (κ3) is 8.79. The summed E-state index contributed by atoms with van der Waals surface area (Å²) in [6, 6.07) is 105. The van der Waals surface area contributed by atoms with Crippen LogP contribution in [0.4, 0.5) is 0 Å². The Bertz CT molecular complexity index is 3340. The average Bonchev–Trinajstić information content (AvgIpc) is 3.48. The highest BCUT2D eigenvalue weighted by Crippen LogP contribution is 2.52. The fourth-order valence-electron chi connectivity index (χ4n) is 11.3. The van der Waals surface area contributed by atoms with E-state index in [1.165, 1.54) is 89.0 Å². The highest BCUT2D eigenvalue weighted by Gasteiger charge is 2.41. The van der Waals surface area contributed by atoms with Crippen LogP contribution in [0.15, 0.2) is 309 Å². The number of hydrogen-bond acceptors (Lipinski definition) is 0. The summed E-state index contributed by atoms with van der Waals surface area (Å²) in [5.41, 5.74) is 23.0. The normalized spacial score (nSPS) is 12.3. The molecule has 0 nitrogen and oxygen atoms in total. The van der Waals surface area contributed by atoms with Crippen LogP contribution in [0.5, 0.6) is 0 Å². The SMILES string of the molecule is C1=CC(C(c2ccccc2)(c2cc(-c3ccccc3-c3ccccc3)cc(-c3ccccc3-c3ccccc3)c2)c2cc(-c3ccccc3-c3ccccc3)cc(-c3ccccc3-c3ccccc3)c2)=CCC1. The van der Waals surface area contributed by atoms with E-state index in [0.29, 0.717) is 0 Å². The van der Waals surface area contributed by atoms with Crippen LogP contribution in [0.25, 0.3) is 89.0 Å². The predicted octanol–water partition coefficient (Wildman–Crippen LogP) is 19.6. The zero-order chi connectivity index (χ0) is 48.8. The molecule has 0 saturated heterocycles. The van der Waals surface area contributed by atoms with Crippen molar-refractivity contribution in [2.45, 2.75) is 18.3 Å². The van der Waals surface area contributed by atoms with Crippen molar-refractivity contribution in [3.8, 4) is 89.0 Å². The van der Waals surface area contributed by atoms with Gasteiger partial charge in [-0.15, -0.1) is 0 Å². The molecule has 0 unspecified atom stereocenters. The molecule has 0 saturated carbocycles. The lowest BCUT2D eigenvalue weighted by Crippen LogP contribution is -2.32. The van der Waals surface area contributed by atoms with Crippen molar-refractivity contribution < 1.29 is 0 Å². The molecule has 0 amide bonds. The second-order valence-corrected chi connectivity index (χ2v) is 19.0. The molecule has 12 rings (SSSR count). The van der Waals surface area contributed by atoms with Gasteiger partial charge in [-0.1, -0.05) is 267 Å². The molecule has 1 aliphatic rings. The van der Waals surface area contributed by atoms with Crippen LogP contribution in [0, 0.1) is 0 Å². The van der Waals surface area contributed by atoms with Crippen LogP contribution in [0.3, 0.4) is 0 Å². The van der Waals surface area contributed by atoms with Gasteiger partial charge in [-0.25, -0.2) is 0 Å². The lowest BCUT2D eigenvalue weighted by Gasteiger charge is -2.40. The van der Waals surface area contributed by atoms with Gasteiger partial charge in [0.05, 0.1) is 5.41 Å². The summed E-state index contributed by atoms with van der Waals surface area (Å²) in [4.78, 5) is 0. The molecule has 0 radical (unpaired) electrons. The number of benzene rings is 11. The van der Waals surface area contributed by atoms with Crippen LogP contribution in [0.1, 0.15) is 29.5 Å². The van der Waals surface area contributed by atoms with Crippen LogP contribution in [-0.4, -0.2) is 0 Å². The second-order valence-electron chi connectivity index (χ2n) is 19.0. The van der Waals surface area contributed by atoms with Crippen molar-refractivity contribution in [3.05, 3.63) is 326 Å².